The van der Waals surface area contributed by atoms with Crippen molar-refractivity contribution >= 4 is 48.5 Å². The average Bonchev–Trinajstić information content (AvgIpc) is 3.15. The van der Waals surface area contributed by atoms with Gasteiger partial charge in [0.25, 0.3) is 0 Å². The zero-order chi connectivity index (χ0) is 18.0. The van der Waals surface area contributed by atoms with Gasteiger partial charge in [-0.25, -0.2) is 0 Å². The fraction of sp³-hybridized carbons (Fsp3) is 0.111. The average molecular weight is 457 g/mol. The molecule has 2 heterocycles. The summed E-state index contributed by atoms with van der Waals surface area (Å²) in [6, 6.07) is 15.8. The molecule has 2 aromatic carbocycles. The molecule has 3 aromatic rings. The van der Waals surface area contributed by atoms with E-state index in [1.807, 2.05) is 43.4 Å². The lowest BCUT2D eigenvalue weighted by Gasteiger charge is -1.97. The number of benzene rings is 2. The number of fused-ring (bicyclic) bond motifs is 2. The van der Waals surface area contributed by atoms with Crippen LogP contribution in [0.25, 0.3) is 10.9 Å². The summed E-state index contributed by atoms with van der Waals surface area (Å²) in [7, 11) is 1.83. The summed E-state index contributed by atoms with van der Waals surface area (Å²) in [5.41, 5.74) is 4.09. The summed E-state index contributed by atoms with van der Waals surface area (Å²) >= 11 is 6.72. The number of aromatic nitrogens is 2. The minimum Gasteiger partial charge on any atom is -0.269 e. The van der Waals surface area contributed by atoms with Crippen LogP contribution in [0.15, 0.2) is 50.3 Å². The molecule has 0 saturated carbocycles. The van der Waals surface area contributed by atoms with Gasteiger partial charge >= 0.3 is 0 Å². The molecule has 1 aromatic heterocycles. The Bertz CT molecular complexity index is 1080. The monoisotopic (exact) mass is 455 g/mol. The third kappa shape index (κ3) is 3.48. The number of hydrogen-bond acceptors (Lipinski definition) is 4. The van der Waals surface area contributed by atoms with Crippen LogP contribution in [-0.2, 0) is 13.6 Å². The maximum absolute atomic E-state index is 8.80. The molecular formula is C18H11Br2N5. The second-order valence-electron chi connectivity index (χ2n) is 5.32. The quantitative estimate of drug-likeness (QED) is 0.500. The van der Waals surface area contributed by atoms with Gasteiger partial charge < -0.3 is 0 Å². The smallest absolute Gasteiger partial charge is 0.170 e. The van der Waals surface area contributed by atoms with Crippen LogP contribution in [0.5, 0.6) is 0 Å². The van der Waals surface area contributed by atoms with Crippen molar-refractivity contribution in [2.45, 2.75) is 6.54 Å². The second-order valence-corrected chi connectivity index (χ2v) is 7.15. The lowest BCUT2D eigenvalue weighted by molar-refractivity contribution is 0.791. The minimum absolute atomic E-state index is 0.471. The zero-order valence-corrected chi connectivity index (χ0v) is 16.3. The highest BCUT2D eigenvalue weighted by Gasteiger charge is 2.14. The predicted octanol–water partition coefficient (Wildman–Crippen LogP) is 4.48. The van der Waals surface area contributed by atoms with Crippen LogP contribution < -0.4 is 0 Å². The second kappa shape index (κ2) is 7.18. The SMILES string of the molecule is Cn1nc(C#N)c2cc(Br)ccc21.N#CC1=NCc2ccc(Br)cc21. The third-order valence-electron chi connectivity index (χ3n) is 3.76. The Balaban J connectivity index is 0.000000146. The van der Waals surface area contributed by atoms with Crippen LogP contribution in [0.2, 0.25) is 0 Å². The molecule has 0 atom stereocenters. The molecule has 0 bridgehead atoms. The number of nitriles is 2. The van der Waals surface area contributed by atoms with Gasteiger partial charge in [-0.15, -0.1) is 0 Å². The summed E-state index contributed by atoms with van der Waals surface area (Å²) < 4.78 is 3.66. The summed E-state index contributed by atoms with van der Waals surface area (Å²) in [4.78, 5) is 4.10. The van der Waals surface area contributed by atoms with Crippen molar-refractivity contribution in [2.75, 3.05) is 0 Å². The number of hydrogen-bond donors (Lipinski definition) is 0. The topological polar surface area (TPSA) is 77.8 Å². The van der Waals surface area contributed by atoms with Gasteiger partial charge in [0.2, 0.25) is 0 Å². The maximum Gasteiger partial charge on any atom is 0.170 e. The van der Waals surface area contributed by atoms with Gasteiger partial charge in [-0.3, -0.25) is 9.67 Å². The first-order chi connectivity index (χ1) is 12.0. The molecule has 5 nitrogen and oxygen atoms in total. The highest BCUT2D eigenvalue weighted by atomic mass is 79.9. The first-order valence-corrected chi connectivity index (χ1v) is 8.88. The lowest BCUT2D eigenvalue weighted by Crippen LogP contribution is -1.93. The van der Waals surface area contributed by atoms with Crippen molar-refractivity contribution in [2.24, 2.45) is 12.0 Å². The molecule has 4 rings (SSSR count). The molecule has 0 aliphatic carbocycles. The van der Waals surface area contributed by atoms with Gasteiger partial charge in [0.15, 0.2) is 5.69 Å². The van der Waals surface area contributed by atoms with E-state index in [4.69, 9.17) is 10.5 Å². The van der Waals surface area contributed by atoms with Crippen molar-refractivity contribution in [1.82, 2.24) is 9.78 Å². The van der Waals surface area contributed by atoms with Gasteiger partial charge in [0.1, 0.15) is 17.9 Å². The molecule has 0 N–H and O–H groups in total. The fourth-order valence-electron chi connectivity index (χ4n) is 2.57. The normalized spacial score (nSPS) is 11.8. The predicted molar refractivity (Wildman–Crippen MR) is 103 cm³/mol. The van der Waals surface area contributed by atoms with Gasteiger partial charge in [0.05, 0.1) is 12.1 Å². The summed E-state index contributed by atoms with van der Waals surface area (Å²) in [5.74, 6) is 0. The Labute approximate surface area is 161 Å². The maximum atomic E-state index is 8.80. The standard InChI is InChI=1S/C9H6BrN3.C9H5BrN2/c1-13-9-3-2-6(10)4-7(9)8(5-11)12-13;10-7-2-1-6-5-12-9(4-11)8(6)3-7/h2-4H,1H3;1-3H,5H2. The fourth-order valence-corrected chi connectivity index (χ4v) is 3.29. The molecular weight excluding hydrogens is 446 g/mol. The van der Waals surface area contributed by atoms with Crippen LogP contribution in [0, 0.1) is 22.7 Å². The first-order valence-electron chi connectivity index (χ1n) is 7.29. The third-order valence-corrected chi connectivity index (χ3v) is 4.75. The highest BCUT2D eigenvalue weighted by Crippen LogP contribution is 2.23. The molecule has 0 spiro atoms. The van der Waals surface area contributed by atoms with Crippen LogP contribution in [0.3, 0.4) is 0 Å². The highest BCUT2D eigenvalue weighted by molar-refractivity contribution is 9.10. The van der Waals surface area contributed by atoms with E-state index in [-0.39, 0.29) is 0 Å². The minimum atomic E-state index is 0.471. The summed E-state index contributed by atoms with van der Waals surface area (Å²) in [6.07, 6.45) is 0. The number of nitrogens with zero attached hydrogens (tertiary/aromatic N) is 5. The largest absolute Gasteiger partial charge is 0.269 e. The zero-order valence-electron chi connectivity index (χ0n) is 13.2. The Morgan fingerprint density at radius 2 is 1.76 bits per heavy atom. The molecule has 7 heteroatoms. The Morgan fingerprint density at radius 3 is 2.48 bits per heavy atom. The molecule has 0 fully saturated rings. The van der Waals surface area contributed by atoms with Crippen LogP contribution in [0.1, 0.15) is 16.8 Å². The van der Waals surface area contributed by atoms with E-state index in [1.54, 1.807) is 4.68 Å². The van der Waals surface area contributed by atoms with Crippen molar-refractivity contribution in [3.05, 3.63) is 62.2 Å². The molecule has 122 valence electrons. The summed E-state index contributed by atoms with van der Waals surface area (Å²) in [5, 5.41) is 22.5. The Hall–Kier alpha value is -2.48. The molecule has 1 aliphatic rings. The van der Waals surface area contributed by atoms with Crippen molar-refractivity contribution in [3.8, 4) is 12.1 Å². The van der Waals surface area contributed by atoms with E-state index < -0.39 is 0 Å². The van der Waals surface area contributed by atoms with Crippen LogP contribution >= 0.6 is 31.9 Å². The van der Waals surface area contributed by atoms with E-state index in [0.29, 0.717) is 18.0 Å². The first kappa shape index (κ1) is 17.3. The van der Waals surface area contributed by atoms with Crippen molar-refractivity contribution < 1.29 is 0 Å². The van der Waals surface area contributed by atoms with Gasteiger partial charge in [0, 0.05) is 26.9 Å². The van der Waals surface area contributed by atoms with Crippen molar-refractivity contribution in [3.63, 3.8) is 0 Å². The van der Waals surface area contributed by atoms with Gasteiger partial charge in [-0.1, -0.05) is 37.9 Å². The molecule has 1 aliphatic heterocycles. The molecule has 25 heavy (non-hydrogen) atoms. The van der Waals surface area contributed by atoms with Crippen LogP contribution in [-0.4, -0.2) is 15.5 Å². The molecule has 0 amide bonds. The lowest BCUT2D eigenvalue weighted by atomic mass is 10.1. The molecule has 0 saturated heterocycles. The Morgan fingerprint density at radius 1 is 1.04 bits per heavy atom. The number of aryl methyl sites for hydroxylation is 1. The molecule has 0 unspecified atom stereocenters. The van der Waals surface area contributed by atoms with E-state index >= 15 is 0 Å². The van der Waals surface area contributed by atoms with E-state index in [1.165, 1.54) is 0 Å². The molecule has 0 radical (unpaired) electrons. The van der Waals surface area contributed by atoms with Crippen LogP contribution in [0.4, 0.5) is 0 Å². The Kier molecular flexibility index (Phi) is 4.98. The number of rotatable bonds is 0. The van der Waals surface area contributed by atoms with Gasteiger partial charge in [-0.2, -0.15) is 15.6 Å². The van der Waals surface area contributed by atoms with Crippen molar-refractivity contribution in [1.29, 1.82) is 10.5 Å². The number of aliphatic imine (C=N–C) groups is 1. The van der Waals surface area contributed by atoms with E-state index in [9.17, 15) is 0 Å². The van der Waals surface area contributed by atoms with E-state index in [2.05, 4.69) is 54.1 Å². The van der Waals surface area contributed by atoms with E-state index in [0.717, 1.165) is 31.0 Å². The van der Waals surface area contributed by atoms with Gasteiger partial charge in [-0.05, 0) is 35.9 Å². The number of halogens is 2. The summed E-state index contributed by atoms with van der Waals surface area (Å²) in [6.45, 7) is 0.644.